The maximum atomic E-state index is 8.74. The number of ether oxygens (including phenoxy) is 1. The fraction of sp³-hybridized carbons (Fsp3) is 0.200. The number of nitrogens with two attached hydrogens (primary N) is 1. The van der Waals surface area contributed by atoms with Crippen molar-refractivity contribution in [2.45, 2.75) is 0 Å². The zero-order chi connectivity index (χ0) is 9.14. The minimum Gasteiger partial charge on any atom is -0.480 e. The summed E-state index contributed by atoms with van der Waals surface area (Å²) in [5.41, 5.74) is 5.19. The van der Waals surface area contributed by atoms with Crippen LogP contribution in [0.4, 0.5) is 5.82 Å². The van der Waals surface area contributed by atoms with Gasteiger partial charge in [-0.05, 0) is 0 Å². The maximum Gasteiger partial charge on any atom is 0.512 e. The monoisotopic (exact) mass is 169 g/mol. The molecule has 0 spiro atoms. The lowest BCUT2D eigenvalue weighted by Crippen LogP contribution is -2.35. The molecule has 6 nitrogen and oxygen atoms in total. The molecular formula is C5H8BN3O3. The first kappa shape index (κ1) is 8.76. The summed E-state index contributed by atoms with van der Waals surface area (Å²) >= 11 is 0. The van der Waals surface area contributed by atoms with E-state index in [1.165, 1.54) is 13.3 Å². The molecule has 0 fully saturated rings. The summed E-state index contributed by atoms with van der Waals surface area (Å²) in [6.45, 7) is 0. The second kappa shape index (κ2) is 3.37. The molecule has 0 atom stereocenters. The lowest BCUT2D eigenvalue weighted by atomic mass is 9.86. The molecule has 0 aliphatic heterocycles. The molecule has 0 aliphatic carbocycles. The Morgan fingerprint density at radius 1 is 1.58 bits per heavy atom. The van der Waals surface area contributed by atoms with Crippen molar-refractivity contribution in [3.05, 3.63) is 6.20 Å². The van der Waals surface area contributed by atoms with Gasteiger partial charge >= 0.3 is 7.12 Å². The third-order valence-corrected chi connectivity index (χ3v) is 1.26. The molecule has 1 aromatic rings. The van der Waals surface area contributed by atoms with E-state index in [0.717, 1.165) is 0 Å². The van der Waals surface area contributed by atoms with Gasteiger partial charge in [-0.2, -0.15) is 0 Å². The third kappa shape index (κ3) is 1.63. The molecule has 0 radical (unpaired) electrons. The first-order valence-electron chi connectivity index (χ1n) is 3.17. The van der Waals surface area contributed by atoms with Crippen molar-refractivity contribution in [2.24, 2.45) is 0 Å². The topological polar surface area (TPSA) is 101 Å². The average molecular weight is 169 g/mol. The summed E-state index contributed by atoms with van der Waals surface area (Å²) < 4.78 is 4.71. The Morgan fingerprint density at radius 3 is 2.75 bits per heavy atom. The van der Waals surface area contributed by atoms with Crippen LogP contribution in [0.1, 0.15) is 0 Å². The van der Waals surface area contributed by atoms with E-state index < -0.39 is 7.12 Å². The number of anilines is 1. The highest BCUT2D eigenvalue weighted by atomic mass is 16.5. The Morgan fingerprint density at radius 2 is 2.25 bits per heavy atom. The van der Waals surface area contributed by atoms with Gasteiger partial charge in [-0.15, -0.1) is 0 Å². The minimum absolute atomic E-state index is 0.0224. The molecule has 0 amide bonds. The van der Waals surface area contributed by atoms with E-state index in [0.29, 0.717) is 0 Å². The normalized spacial score (nSPS) is 9.58. The summed E-state index contributed by atoms with van der Waals surface area (Å²) in [6.07, 6.45) is 1.29. The molecule has 1 rings (SSSR count). The zero-order valence-corrected chi connectivity index (χ0v) is 6.43. The number of hydrogen-bond acceptors (Lipinski definition) is 6. The molecule has 64 valence electrons. The zero-order valence-electron chi connectivity index (χ0n) is 6.43. The van der Waals surface area contributed by atoms with E-state index in [9.17, 15) is 0 Å². The highest BCUT2D eigenvalue weighted by Crippen LogP contribution is 2.01. The van der Waals surface area contributed by atoms with Crippen LogP contribution < -0.4 is 16.1 Å². The highest BCUT2D eigenvalue weighted by molar-refractivity contribution is 6.59. The quantitative estimate of drug-likeness (QED) is 0.432. The Kier molecular flexibility index (Phi) is 2.46. The molecule has 12 heavy (non-hydrogen) atoms. The smallest absolute Gasteiger partial charge is 0.480 e. The van der Waals surface area contributed by atoms with Crippen LogP contribution in [0.25, 0.3) is 0 Å². The molecular weight excluding hydrogens is 161 g/mol. The number of nitrogen functional groups attached to an aromatic ring is 1. The standard InChI is InChI=1S/C5H8BN3O3/c1-12-3-2-8-5(7)4(9-3)6(10)11/h2,10-11H,1H3,(H2,7,8). The summed E-state index contributed by atoms with van der Waals surface area (Å²) in [5, 5.41) is 17.5. The van der Waals surface area contributed by atoms with Crippen LogP contribution in [-0.2, 0) is 0 Å². The van der Waals surface area contributed by atoms with E-state index in [4.69, 9.17) is 20.5 Å². The molecule has 1 heterocycles. The van der Waals surface area contributed by atoms with Crippen LogP contribution in [0.5, 0.6) is 5.88 Å². The average Bonchev–Trinajstić information content (AvgIpc) is 2.05. The van der Waals surface area contributed by atoms with Gasteiger partial charge in [0.2, 0.25) is 5.88 Å². The molecule has 0 aliphatic rings. The number of rotatable bonds is 2. The molecule has 4 N–H and O–H groups in total. The Balaban J connectivity index is 3.08. The van der Waals surface area contributed by atoms with E-state index in [2.05, 4.69) is 9.97 Å². The van der Waals surface area contributed by atoms with Crippen LogP contribution in [-0.4, -0.2) is 34.2 Å². The van der Waals surface area contributed by atoms with Gasteiger partial charge in [-0.1, -0.05) is 0 Å². The van der Waals surface area contributed by atoms with Gasteiger partial charge in [-0.25, -0.2) is 9.97 Å². The fourth-order valence-corrected chi connectivity index (χ4v) is 0.684. The van der Waals surface area contributed by atoms with Gasteiger partial charge in [0.25, 0.3) is 0 Å². The van der Waals surface area contributed by atoms with Gasteiger partial charge in [0.05, 0.1) is 13.3 Å². The fourth-order valence-electron chi connectivity index (χ4n) is 0.684. The SMILES string of the molecule is COc1cnc(N)c(B(O)O)n1. The van der Waals surface area contributed by atoms with Crippen LogP contribution >= 0.6 is 0 Å². The third-order valence-electron chi connectivity index (χ3n) is 1.26. The van der Waals surface area contributed by atoms with Crippen molar-refractivity contribution in [3.63, 3.8) is 0 Å². The van der Waals surface area contributed by atoms with Gasteiger partial charge < -0.3 is 20.5 Å². The molecule has 1 aromatic heterocycles. The van der Waals surface area contributed by atoms with Crippen molar-refractivity contribution in [1.29, 1.82) is 0 Å². The van der Waals surface area contributed by atoms with Crippen LogP contribution in [0.2, 0.25) is 0 Å². The Bertz CT molecular complexity index is 281. The van der Waals surface area contributed by atoms with Crippen molar-refractivity contribution >= 4 is 18.5 Å². The van der Waals surface area contributed by atoms with Crippen LogP contribution in [0, 0.1) is 0 Å². The number of aromatic nitrogens is 2. The Labute approximate surface area is 69.2 Å². The van der Waals surface area contributed by atoms with Gasteiger partial charge in [0, 0.05) is 0 Å². The largest absolute Gasteiger partial charge is 0.512 e. The highest BCUT2D eigenvalue weighted by Gasteiger charge is 2.18. The predicted molar refractivity (Wildman–Crippen MR) is 42.8 cm³/mol. The van der Waals surface area contributed by atoms with E-state index in [-0.39, 0.29) is 17.3 Å². The van der Waals surface area contributed by atoms with Crippen LogP contribution in [0.3, 0.4) is 0 Å². The first-order valence-corrected chi connectivity index (χ1v) is 3.17. The number of nitrogens with zero attached hydrogens (tertiary/aromatic N) is 2. The Hall–Kier alpha value is -1.34. The van der Waals surface area contributed by atoms with Crippen LogP contribution in [0.15, 0.2) is 6.20 Å². The van der Waals surface area contributed by atoms with Gasteiger partial charge in [0.1, 0.15) is 11.4 Å². The second-order valence-corrected chi connectivity index (χ2v) is 2.06. The molecule has 0 saturated carbocycles. The lowest BCUT2D eigenvalue weighted by molar-refractivity contribution is 0.393. The minimum atomic E-state index is -1.73. The van der Waals surface area contributed by atoms with Gasteiger partial charge in [0.15, 0.2) is 0 Å². The molecule has 0 bridgehead atoms. The molecule has 0 aromatic carbocycles. The van der Waals surface area contributed by atoms with Crippen molar-refractivity contribution in [3.8, 4) is 5.88 Å². The molecule has 0 saturated heterocycles. The summed E-state index contributed by atoms with van der Waals surface area (Å²) in [7, 11) is -0.333. The first-order chi connectivity index (χ1) is 5.65. The lowest BCUT2D eigenvalue weighted by Gasteiger charge is -2.03. The van der Waals surface area contributed by atoms with Crippen molar-refractivity contribution < 1.29 is 14.8 Å². The number of hydrogen-bond donors (Lipinski definition) is 3. The van der Waals surface area contributed by atoms with Crippen molar-refractivity contribution in [1.82, 2.24) is 9.97 Å². The predicted octanol–water partition coefficient (Wildman–Crippen LogP) is -2.25. The second-order valence-electron chi connectivity index (χ2n) is 2.06. The molecule has 0 unspecified atom stereocenters. The summed E-state index contributed by atoms with van der Waals surface area (Å²) in [4.78, 5) is 7.32. The van der Waals surface area contributed by atoms with Crippen molar-refractivity contribution in [2.75, 3.05) is 12.8 Å². The maximum absolute atomic E-state index is 8.74. The summed E-state index contributed by atoms with van der Waals surface area (Å²) in [6, 6.07) is 0. The van der Waals surface area contributed by atoms with Gasteiger partial charge in [-0.3, -0.25) is 0 Å². The van der Waals surface area contributed by atoms with E-state index in [1.54, 1.807) is 0 Å². The van der Waals surface area contributed by atoms with E-state index >= 15 is 0 Å². The number of methoxy groups -OCH3 is 1. The molecule has 7 heteroatoms. The van der Waals surface area contributed by atoms with E-state index in [1.807, 2.05) is 0 Å². The summed E-state index contributed by atoms with van der Waals surface area (Å²) in [5.74, 6) is 0.165.